The Kier molecular flexibility index (Phi) is 11.6. The fraction of sp³-hybridized carbons (Fsp3) is 0.857. The first-order chi connectivity index (χ1) is 17.3. The van der Waals surface area contributed by atoms with Gasteiger partial charge in [0.25, 0.3) is 0 Å². The van der Waals surface area contributed by atoms with Gasteiger partial charge in [0, 0.05) is 27.1 Å². The molecule has 2 rings (SSSR count). The van der Waals surface area contributed by atoms with Crippen molar-refractivity contribution in [3.8, 4) is 0 Å². The van der Waals surface area contributed by atoms with Gasteiger partial charge in [0.05, 0.1) is 36.6 Å². The molecule has 8 nitrogen and oxygen atoms in total. The molecule has 38 heavy (non-hydrogen) atoms. The van der Waals surface area contributed by atoms with E-state index in [1.165, 1.54) is 0 Å². The smallest absolute Gasteiger partial charge is 0.192 e. The minimum absolute atomic E-state index is 0.0431. The first-order valence-corrected chi connectivity index (χ1v) is 19.6. The highest BCUT2D eigenvalue weighted by atomic mass is 28.4. The van der Waals surface area contributed by atoms with Gasteiger partial charge in [0.15, 0.2) is 29.2 Å². The molecule has 2 aliphatic heterocycles. The first-order valence-electron chi connectivity index (χ1n) is 13.8. The van der Waals surface area contributed by atoms with E-state index in [-0.39, 0.29) is 10.1 Å². The largest absolute Gasteiger partial charge is 0.411 e. The second-order valence-corrected chi connectivity index (χ2v) is 23.1. The lowest BCUT2D eigenvalue weighted by Gasteiger charge is -2.47. The van der Waals surface area contributed by atoms with Crippen LogP contribution in [0.15, 0.2) is 24.3 Å². The summed E-state index contributed by atoms with van der Waals surface area (Å²) in [6.07, 6.45) is 3.16. The molecule has 0 bridgehead atoms. The fourth-order valence-corrected chi connectivity index (χ4v) is 6.75. The summed E-state index contributed by atoms with van der Waals surface area (Å²) in [4.78, 5) is 0. The van der Waals surface area contributed by atoms with Crippen LogP contribution in [0.5, 0.6) is 0 Å². The lowest BCUT2D eigenvalue weighted by molar-refractivity contribution is -0.179. The van der Waals surface area contributed by atoms with E-state index in [2.05, 4.69) is 67.7 Å². The van der Waals surface area contributed by atoms with Crippen molar-refractivity contribution in [1.82, 2.24) is 0 Å². The van der Waals surface area contributed by atoms with Crippen molar-refractivity contribution in [3.63, 3.8) is 0 Å². The molecular formula is C28H54O8Si2. The molecule has 0 radical (unpaired) electrons. The zero-order valence-electron chi connectivity index (χ0n) is 25.7. The average Bonchev–Trinajstić information content (AvgIpc) is 2.79. The van der Waals surface area contributed by atoms with Crippen molar-refractivity contribution < 1.29 is 38.0 Å². The molecule has 0 amide bonds. The van der Waals surface area contributed by atoms with Gasteiger partial charge in [-0.1, -0.05) is 53.7 Å². The first kappa shape index (κ1) is 33.8. The molecule has 0 aromatic heterocycles. The Morgan fingerprint density at radius 2 is 0.974 bits per heavy atom. The van der Waals surface area contributed by atoms with Crippen LogP contribution < -0.4 is 0 Å². The van der Waals surface area contributed by atoms with Crippen molar-refractivity contribution in [3.05, 3.63) is 24.3 Å². The third kappa shape index (κ3) is 8.79. The molecule has 0 fully saturated rings. The van der Waals surface area contributed by atoms with Gasteiger partial charge < -0.3 is 38.0 Å². The number of hydrogen-bond acceptors (Lipinski definition) is 8. The Labute approximate surface area is 232 Å². The van der Waals surface area contributed by atoms with E-state index in [9.17, 15) is 10.2 Å². The molecule has 2 heterocycles. The monoisotopic (exact) mass is 574 g/mol. The Hall–Kier alpha value is -0.406. The standard InChI is InChI=1S/C28H54O8Si2/c1-27(2,3)37(9,10)35-23(17-21-19(29)13-15-25(31-7)33-21)24(36-38(11,12)28(4,5)6)18-22-20(30)14-16-26(32-8)34-22/h13-16,19-26,29-30H,17-18H2,1-12H3/t19-,20-,21+,22+,23+,24+,25-,26-/m0/s1. The van der Waals surface area contributed by atoms with Crippen molar-refractivity contribution in [2.75, 3.05) is 14.2 Å². The third-order valence-corrected chi connectivity index (χ3v) is 17.6. The molecule has 0 aromatic carbocycles. The van der Waals surface area contributed by atoms with Gasteiger partial charge in [-0.2, -0.15) is 0 Å². The van der Waals surface area contributed by atoms with E-state index in [0.717, 1.165) is 0 Å². The molecule has 0 aliphatic carbocycles. The molecule has 2 aliphatic rings. The topological polar surface area (TPSA) is 95.8 Å². The average molecular weight is 575 g/mol. The van der Waals surface area contributed by atoms with Gasteiger partial charge in [0.2, 0.25) is 0 Å². The molecular weight excluding hydrogens is 520 g/mol. The van der Waals surface area contributed by atoms with E-state index in [1.807, 2.05) is 0 Å². The van der Waals surface area contributed by atoms with Crippen LogP contribution in [0.2, 0.25) is 36.3 Å². The number of aliphatic hydroxyl groups is 2. The summed E-state index contributed by atoms with van der Waals surface area (Å²) in [5, 5.41) is 21.6. The SMILES string of the molecule is CO[C@@H]1C=C[C@H](O)[C@@H](C[C@@H](O[Si](C)(C)C(C)(C)C)[C@@H](C[C@H]2O[C@H](OC)C=C[C@@H]2O)O[Si](C)(C)C(C)(C)C)O1. The predicted molar refractivity (Wildman–Crippen MR) is 155 cm³/mol. The van der Waals surface area contributed by atoms with Crippen LogP contribution >= 0.6 is 0 Å². The van der Waals surface area contributed by atoms with Crippen LogP contribution in [-0.4, -0.2) is 90.3 Å². The van der Waals surface area contributed by atoms with Crippen LogP contribution in [0, 0.1) is 0 Å². The van der Waals surface area contributed by atoms with Crippen LogP contribution in [0.4, 0.5) is 0 Å². The normalized spacial score (nSPS) is 30.9. The highest BCUT2D eigenvalue weighted by Crippen LogP contribution is 2.42. The summed E-state index contributed by atoms with van der Waals surface area (Å²) < 4.78 is 37.1. The fourth-order valence-electron chi connectivity index (χ4n) is 4.03. The van der Waals surface area contributed by atoms with Gasteiger partial charge in [-0.15, -0.1) is 0 Å². The van der Waals surface area contributed by atoms with Crippen LogP contribution in [0.25, 0.3) is 0 Å². The van der Waals surface area contributed by atoms with E-state index in [4.69, 9.17) is 27.8 Å². The lowest BCUT2D eigenvalue weighted by atomic mass is 9.95. The highest BCUT2D eigenvalue weighted by Gasteiger charge is 2.47. The zero-order chi connectivity index (χ0) is 29.1. The minimum atomic E-state index is -2.28. The van der Waals surface area contributed by atoms with E-state index in [1.54, 1.807) is 38.5 Å². The molecule has 222 valence electrons. The maximum absolute atomic E-state index is 10.8. The van der Waals surface area contributed by atoms with Crippen molar-refractivity contribution >= 4 is 16.6 Å². The third-order valence-electron chi connectivity index (χ3n) is 8.62. The van der Waals surface area contributed by atoms with E-state index < -0.39 is 65.8 Å². The second kappa shape index (κ2) is 13.1. The zero-order valence-corrected chi connectivity index (χ0v) is 27.7. The summed E-state index contributed by atoms with van der Waals surface area (Å²) in [6, 6.07) is 0. The summed E-state index contributed by atoms with van der Waals surface area (Å²) in [5.74, 6) is 0. The predicted octanol–water partition coefficient (Wildman–Crippen LogP) is 5.12. The van der Waals surface area contributed by atoms with E-state index in [0.29, 0.717) is 12.8 Å². The Balaban J connectivity index is 2.50. The van der Waals surface area contributed by atoms with Crippen molar-refractivity contribution in [1.29, 1.82) is 0 Å². The Bertz CT molecular complexity index is 736. The summed E-state index contributed by atoms with van der Waals surface area (Å²) in [6.45, 7) is 22.1. The number of rotatable bonds is 11. The minimum Gasteiger partial charge on any atom is -0.411 e. The summed E-state index contributed by atoms with van der Waals surface area (Å²) >= 11 is 0. The second-order valence-electron chi connectivity index (χ2n) is 13.6. The molecule has 8 atom stereocenters. The molecule has 0 unspecified atom stereocenters. The number of methoxy groups -OCH3 is 2. The highest BCUT2D eigenvalue weighted by molar-refractivity contribution is 6.74. The quantitative estimate of drug-likeness (QED) is 0.259. The molecule has 10 heteroatoms. The molecule has 0 aromatic rings. The van der Waals surface area contributed by atoms with Gasteiger partial charge in [-0.3, -0.25) is 0 Å². The Morgan fingerprint density at radius 1 is 0.658 bits per heavy atom. The molecule has 0 spiro atoms. The van der Waals surface area contributed by atoms with Gasteiger partial charge >= 0.3 is 0 Å². The summed E-state index contributed by atoms with van der Waals surface area (Å²) in [5.41, 5.74) is 0. The van der Waals surface area contributed by atoms with Crippen LogP contribution in [-0.2, 0) is 27.8 Å². The van der Waals surface area contributed by atoms with Gasteiger partial charge in [-0.25, -0.2) is 0 Å². The van der Waals surface area contributed by atoms with Gasteiger partial charge in [0.1, 0.15) is 0 Å². The van der Waals surface area contributed by atoms with Gasteiger partial charge in [-0.05, 0) is 48.4 Å². The molecule has 2 N–H and O–H groups in total. The van der Waals surface area contributed by atoms with Crippen molar-refractivity contribution in [2.45, 2.75) is 140 Å². The molecule has 0 saturated carbocycles. The maximum atomic E-state index is 10.8. The van der Waals surface area contributed by atoms with Crippen LogP contribution in [0.1, 0.15) is 54.4 Å². The maximum Gasteiger partial charge on any atom is 0.192 e. The molecule has 0 saturated heterocycles. The van der Waals surface area contributed by atoms with E-state index >= 15 is 0 Å². The Morgan fingerprint density at radius 3 is 1.24 bits per heavy atom. The lowest BCUT2D eigenvalue weighted by Crippen LogP contribution is -2.55. The number of hydrogen-bond donors (Lipinski definition) is 2. The summed E-state index contributed by atoms with van der Waals surface area (Å²) in [7, 11) is -1.40. The number of ether oxygens (including phenoxy) is 4. The number of aliphatic hydroxyl groups excluding tert-OH is 2. The van der Waals surface area contributed by atoms with Crippen LogP contribution in [0.3, 0.4) is 0 Å². The van der Waals surface area contributed by atoms with Crippen molar-refractivity contribution in [2.24, 2.45) is 0 Å².